The highest BCUT2D eigenvalue weighted by molar-refractivity contribution is 7.90. The van der Waals surface area contributed by atoms with Gasteiger partial charge < -0.3 is 5.32 Å². The maximum Gasteiger partial charge on any atom is 0.224 e. The number of rotatable bonds is 7. The van der Waals surface area contributed by atoms with Crippen LogP contribution in [0.3, 0.4) is 0 Å². The number of amides is 1. The number of nitrogens with zero attached hydrogens (tertiary/aromatic N) is 1. The maximum absolute atomic E-state index is 12.9. The number of nitrogens with one attached hydrogen (secondary N) is 1. The molecule has 10 heteroatoms. The van der Waals surface area contributed by atoms with E-state index in [-0.39, 0.29) is 29.1 Å². The third kappa shape index (κ3) is 6.31. The molecule has 1 heterocycles. The van der Waals surface area contributed by atoms with Gasteiger partial charge in [0.05, 0.1) is 22.6 Å². The molecule has 1 saturated heterocycles. The van der Waals surface area contributed by atoms with E-state index in [1.165, 1.54) is 16.4 Å². The Morgan fingerprint density at radius 2 is 1.84 bits per heavy atom. The summed E-state index contributed by atoms with van der Waals surface area (Å²) < 4.78 is 50.4. The molecule has 2 atom stereocenters. The van der Waals surface area contributed by atoms with Gasteiger partial charge in [0.1, 0.15) is 0 Å². The molecule has 32 heavy (non-hydrogen) atoms. The molecule has 0 aromatic heterocycles. The highest BCUT2D eigenvalue weighted by Gasteiger charge is 2.33. The topological polar surface area (TPSA) is 101 Å². The SMILES string of the molecule is CC(NC(=O)C1CCCN(S(=O)(=O)Cc2cccc(Cl)c2)C1)c1ccc(S(C)(=O)=O)cc1. The van der Waals surface area contributed by atoms with Crippen LogP contribution >= 0.6 is 11.6 Å². The lowest BCUT2D eigenvalue weighted by molar-refractivity contribution is -0.126. The molecule has 0 saturated carbocycles. The van der Waals surface area contributed by atoms with Crippen molar-refractivity contribution in [2.75, 3.05) is 19.3 Å². The molecule has 2 aromatic rings. The summed E-state index contributed by atoms with van der Waals surface area (Å²) in [6.45, 7) is 2.33. The molecule has 1 aliphatic rings. The van der Waals surface area contributed by atoms with Gasteiger partial charge >= 0.3 is 0 Å². The summed E-state index contributed by atoms with van der Waals surface area (Å²) in [5, 5.41) is 3.40. The van der Waals surface area contributed by atoms with E-state index >= 15 is 0 Å². The zero-order valence-electron chi connectivity index (χ0n) is 18.0. The minimum atomic E-state index is -3.58. The van der Waals surface area contributed by atoms with Gasteiger partial charge in [-0.3, -0.25) is 4.79 Å². The Kier molecular flexibility index (Phi) is 7.65. The number of halogens is 1. The highest BCUT2D eigenvalue weighted by Crippen LogP contribution is 2.24. The fraction of sp³-hybridized carbons (Fsp3) is 0.409. The van der Waals surface area contributed by atoms with E-state index in [9.17, 15) is 21.6 Å². The Balaban J connectivity index is 1.63. The van der Waals surface area contributed by atoms with Crippen molar-refractivity contribution in [3.05, 3.63) is 64.7 Å². The lowest BCUT2D eigenvalue weighted by Gasteiger charge is -2.32. The summed E-state index contributed by atoms with van der Waals surface area (Å²) >= 11 is 5.96. The average Bonchev–Trinajstić information content (AvgIpc) is 2.73. The fourth-order valence-corrected chi connectivity index (χ4v) is 6.20. The predicted molar refractivity (Wildman–Crippen MR) is 124 cm³/mol. The molecular weight excluding hydrogens is 472 g/mol. The normalized spacial score (nSPS) is 18.8. The van der Waals surface area contributed by atoms with Crippen molar-refractivity contribution in [2.24, 2.45) is 5.92 Å². The first kappa shape index (κ1) is 24.7. The molecule has 0 aliphatic carbocycles. The summed E-state index contributed by atoms with van der Waals surface area (Å²) in [7, 11) is -6.87. The number of sulfone groups is 1. The van der Waals surface area contributed by atoms with Gasteiger partial charge in [-0.15, -0.1) is 0 Å². The van der Waals surface area contributed by atoms with Gasteiger partial charge in [0.25, 0.3) is 0 Å². The smallest absolute Gasteiger partial charge is 0.224 e. The monoisotopic (exact) mass is 498 g/mol. The van der Waals surface area contributed by atoms with Gasteiger partial charge in [-0.25, -0.2) is 21.1 Å². The number of hydrogen-bond acceptors (Lipinski definition) is 5. The standard InChI is InChI=1S/C22H27ClN2O5S2/c1-16(18-8-10-21(11-9-18)31(2,27)28)24-22(26)19-6-4-12-25(14-19)32(29,30)15-17-5-3-7-20(23)13-17/h3,5,7-11,13,16,19H,4,6,12,14-15H2,1-2H3,(H,24,26). The van der Waals surface area contributed by atoms with E-state index in [1.807, 2.05) is 6.92 Å². The molecule has 2 unspecified atom stereocenters. The summed E-state index contributed by atoms with van der Waals surface area (Å²) in [4.78, 5) is 13.1. The zero-order valence-corrected chi connectivity index (χ0v) is 20.4. The second-order valence-corrected chi connectivity index (χ2v) is 12.6. The van der Waals surface area contributed by atoms with Crippen molar-refractivity contribution in [1.29, 1.82) is 0 Å². The molecule has 1 aliphatic heterocycles. The zero-order chi connectivity index (χ0) is 23.5. The number of sulfonamides is 1. The van der Waals surface area contributed by atoms with Crippen LogP contribution in [0, 0.1) is 5.92 Å². The minimum absolute atomic E-state index is 0.133. The average molecular weight is 499 g/mol. The van der Waals surface area contributed by atoms with Gasteiger partial charge in [0, 0.05) is 24.4 Å². The number of carbonyl (C=O) groups is 1. The summed E-state index contributed by atoms with van der Waals surface area (Å²) in [6.07, 6.45) is 2.35. The quantitative estimate of drug-likeness (QED) is 0.632. The summed E-state index contributed by atoms with van der Waals surface area (Å²) in [6, 6.07) is 12.8. The van der Waals surface area contributed by atoms with Crippen LogP contribution in [0.15, 0.2) is 53.4 Å². The number of carbonyl (C=O) groups excluding carboxylic acids is 1. The highest BCUT2D eigenvalue weighted by atomic mass is 35.5. The van der Waals surface area contributed by atoms with Crippen molar-refractivity contribution < 1.29 is 21.6 Å². The third-order valence-electron chi connectivity index (χ3n) is 5.55. The second-order valence-electron chi connectivity index (χ2n) is 8.15. The molecule has 174 valence electrons. The van der Waals surface area contributed by atoms with E-state index in [2.05, 4.69) is 5.32 Å². The molecule has 0 bridgehead atoms. The van der Waals surface area contributed by atoms with Crippen molar-refractivity contribution >= 4 is 37.4 Å². The Hall–Kier alpha value is -1.94. The van der Waals surface area contributed by atoms with Crippen LogP contribution in [-0.4, -0.2) is 46.4 Å². The maximum atomic E-state index is 12.9. The number of piperidine rings is 1. The fourth-order valence-electron chi connectivity index (χ4n) is 3.76. The number of benzene rings is 2. The molecule has 2 aromatic carbocycles. The Morgan fingerprint density at radius 3 is 2.47 bits per heavy atom. The van der Waals surface area contributed by atoms with Gasteiger partial charge in [0.2, 0.25) is 15.9 Å². The molecule has 7 nitrogen and oxygen atoms in total. The lowest BCUT2D eigenvalue weighted by atomic mass is 9.98. The van der Waals surface area contributed by atoms with Crippen LogP contribution in [0.1, 0.15) is 36.9 Å². The molecule has 1 N–H and O–H groups in total. The molecular formula is C22H27ClN2O5S2. The Labute approximate surface area is 194 Å². The van der Waals surface area contributed by atoms with Gasteiger partial charge in [-0.2, -0.15) is 0 Å². The van der Waals surface area contributed by atoms with Gasteiger partial charge in [0.15, 0.2) is 9.84 Å². The van der Waals surface area contributed by atoms with Crippen molar-refractivity contribution in [2.45, 2.75) is 36.5 Å². The summed E-state index contributed by atoms with van der Waals surface area (Å²) in [5.41, 5.74) is 1.38. The van der Waals surface area contributed by atoms with E-state index in [4.69, 9.17) is 11.6 Å². The first-order chi connectivity index (χ1) is 15.0. The largest absolute Gasteiger partial charge is 0.349 e. The second kappa shape index (κ2) is 9.91. The molecule has 0 radical (unpaired) electrons. The van der Waals surface area contributed by atoms with Crippen LogP contribution in [0.5, 0.6) is 0 Å². The predicted octanol–water partition coefficient (Wildman–Crippen LogP) is 3.16. The van der Waals surface area contributed by atoms with Crippen molar-refractivity contribution in [3.8, 4) is 0 Å². The molecule has 1 amide bonds. The third-order valence-corrected chi connectivity index (χ3v) is 8.73. The Bertz CT molecular complexity index is 1180. The van der Waals surface area contributed by atoms with Crippen molar-refractivity contribution in [1.82, 2.24) is 9.62 Å². The van der Waals surface area contributed by atoms with Crippen LogP contribution in [0.25, 0.3) is 0 Å². The molecule has 3 rings (SSSR count). The van der Waals surface area contributed by atoms with Crippen LogP contribution in [0.4, 0.5) is 0 Å². The van der Waals surface area contributed by atoms with Crippen LogP contribution < -0.4 is 5.32 Å². The lowest BCUT2D eigenvalue weighted by Crippen LogP contribution is -2.46. The molecule has 1 fully saturated rings. The van der Waals surface area contributed by atoms with E-state index in [0.29, 0.717) is 30.0 Å². The first-order valence-corrected chi connectivity index (χ1v) is 14.2. The Morgan fingerprint density at radius 1 is 1.16 bits per heavy atom. The van der Waals surface area contributed by atoms with E-state index in [1.54, 1.807) is 36.4 Å². The van der Waals surface area contributed by atoms with E-state index < -0.39 is 25.8 Å². The van der Waals surface area contributed by atoms with Gasteiger partial charge in [-0.05, 0) is 55.2 Å². The molecule has 0 spiro atoms. The number of hydrogen-bond donors (Lipinski definition) is 1. The van der Waals surface area contributed by atoms with Gasteiger partial charge in [-0.1, -0.05) is 35.9 Å². The van der Waals surface area contributed by atoms with E-state index in [0.717, 1.165) is 11.8 Å². The first-order valence-electron chi connectivity index (χ1n) is 10.3. The van der Waals surface area contributed by atoms with Crippen molar-refractivity contribution in [3.63, 3.8) is 0 Å². The van der Waals surface area contributed by atoms with Crippen LogP contribution in [0.2, 0.25) is 5.02 Å². The summed E-state index contributed by atoms with van der Waals surface area (Å²) in [5.74, 6) is -0.826. The van der Waals surface area contributed by atoms with Crippen LogP contribution in [-0.2, 0) is 30.4 Å². The minimum Gasteiger partial charge on any atom is -0.349 e.